The van der Waals surface area contributed by atoms with Crippen LogP contribution < -0.4 is 11.1 Å². The van der Waals surface area contributed by atoms with Gasteiger partial charge in [-0.25, -0.2) is 4.98 Å². The maximum atomic E-state index is 12.2. The van der Waals surface area contributed by atoms with Gasteiger partial charge in [-0.2, -0.15) is 0 Å². The second kappa shape index (κ2) is 8.19. The summed E-state index contributed by atoms with van der Waals surface area (Å²) in [6.07, 6.45) is 0. The average Bonchev–Trinajstić information content (AvgIpc) is 3.02. The number of nitrogens with two attached hydrogens (primary N) is 1. The second-order valence-electron chi connectivity index (χ2n) is 5.79. The molecule has 1 heterocycles. The van der Waals surface area contributed by atoms with E-state index in [0.29, 0.717) is 24.8 Å². The van der Waals surface area contributed by atoms with Gasteiger partial charge in [0.05, 0.1) is 0 Å². The minimum absolute atomic E-state index is 0.159. The number of amides is 1. The van der Waals surface area contributed by atoms with Gasteiger partial charge in [0.1, 0.15) is 10.7 Å². The number of benzene rings is 1. The van der Waals surface area contributed by atoms with E-state index >= 15 is 0 Å². The maximum absolute atomic E-state index is 12.2. The van der Waals surface area contributed by atoms with Crippen LogP contribution >= 0.6 is 11.3 Å². The van der Waals surface area contributed by atoms with Crippen LogP contribution in [-0.4, -0.2) is 28.9 Å². The fourth-order valence-corrected chi connectivity index (χ4v) is 2.77. The first-order chi connectivity index (χ1) is 11.0. The summed E-state index contributed by atoms with van der Waals surface area (Å²) >= 11 is 1.41. The van der Waals surface area contributed by atoms with E-state index in [0.717, 1.165) is 17.1 Å². The summed E-state index contributed by atoms with van der Waals surface area (Å²) in [4.78, 5) is 18.7. The summed E-state index contributed by atoms with van der Waals surface area (Å²) in [5, 5.41) is 5.46. The largest absolute Gasteiger partial charge is 0.347 e. The Labute approximate surface area is 141 Å². The van der Waals surface area contributed by atoms with Crippen LogP contribution in [0.4, 0.5) is 0 Å². The molecule has 3 N–H and O–H groups in total. The topological polar surface area (TPSA) is 71.2 Å². The molecule has 6 heteroatoms. The van der Waals surface area contributed by atoms with Gasteiger partial charge in [-0.1, -0.05) is 24.3 Å². The normalized spacial score (nSPS) is 11.2. The molecule has 0 aliphatic carbocycles. The Bertz CT molecular complexity index is 654. The van der Waals surface area contributed by atoms with Crippen molar-refractivity contribution >= 4 is 17.2 Å². The molecule has 1 aromatic heterocycles. The molecule has 0 saturated heterocycles. The van der Waals surface area contributed by atoms with Crippen molar-refractivity contribution in [1.29, 1.82) is 0 Å². The van der Waals surface area contributed by atoms with E-state index < -0.39 is 0 Å². The second-order valence-corrected chi connectivity index (χ2v) is 6.73. The fourth-order valence-electron chi connectivity index (χ4n) is 2.11. The molecule has 0 bridgehead atoms. The van der Waals surface area contributed by atoms with E-state index in [4.69, 9.17) is 5.73 Å². The first-order valence-corrected chi connectivity index (χ1v) is 8.59. The van der Waals surface area contributed by atoms with Crippen molar-refractivity contribution in [2.24, 2.45) is 5.73 Å². The summed E-state index contributed by atoms with van der Waals surface area (Å²) in [7, 11) is 2.10. The number of hydrogen-bond acceptors (Lipinski definition) is 5. The maximum Gasteiger partial charge on any atom is 0.271 e. The third kappa shape index (κ3) is 4.86. The summed E-state index contributed by atoms with van der Waals surface area (Å²) < 4.78 is 0. The van der Waals surface area contributed by atoms with Crippen LogP contribution in [0.1, 0.15) is 40.5 Å². The lowest BCUT2D eigenvalue weighted by Gasteiger charge is -2.22. The predicted molar refractivity (Wildman–Crippen MR) is 94.2 cm³/mol. The number of thiazole rings is 1. The number of nitrogens with one attached hydrogen (secondary N) is 1. The fraction of sp³-hybridized carbons (Fsp3) is 0.412. The van der Waals surface area contributed by atoms with Gasteiger partial charge >= 0.3 is 0 Å². The molecule has 1 amide bonds. The number of rotatable bonds is 7. The van der Waals surface area contributed by atoms with Crippen molar-refractivity contribution in [2.45, 2.75) is 39.5 Å². The summed E-state index contributed by atoms with van der Waals surface area (Å²) in [5.74, 6) is -0.159. The Balaban J connectivity index is 2.01. The van der Waals surface area contributed by atoms with Crippen molar-refractivity contribution in [3.8, 4) is 0 Å². The summed E-state index contributed by atoms with van der Waals surface area (Å²) in [6.45, 7) is 6.06. The molecule has 0 aliphatic rings. The highest BCUT2D eigenvalue weighted by molar-refractivity contribution is 7.09. The smallest absolute Gasteiger partial charge is 0.271 e. The van der Waals surface area contributed by atoms with Crippen LogP contribution in [0.25, 0.3) is 0 Å². The molecular weight excluding hydrogens is 308 g/mol. The highest BCUT2D eigenvalue weighted by atomic mass is 32.1. The third-order valence-electron chi connectivity index (χ3n) is 3.82. The Morgan fingerprint density at radius 2 is 2.04 bits per heavy atom. The molecule has 5 nitrogen and oxygen atoms in total. The van der Waals surface area contributed by atoms with Gasteiger partial charge in [-0.15, -0.1) is 11.3 Å². The lowest BCUT2D eigenvalue weighted by atomic mass is 10.1. The number of carbonyl (C=O) groups is 1. The first kappa shape index (κ1) is 17.6. The van der Waals surface area contributed by atoms with E-state index in [9.17, 15) is 4.79 Å². The number of aromatic nitrogens is 1. The molecule has 0 spiro atoms. The zero-order chi connectivity index (χ0) is 16.8. The molecule has 0 saturated carbocycles. The molecule has 0 unspecified atom stereocenters. The number of carbonyl (C=O) groups excluding carboxylic acids is 1. The standard InChI is InChI=1S/C17H24N4OS/c1-12(2)21(3)10-14-7-5-4-6-13(14)9-19-17(22)15-11-23-16(8-18)20-15/h4-7,11-12H,8-10,18H2,1-3H3,(H,19,22). The van der Waals surface area contributed by atoms with Crippen LogP contribution in [0.15, 0.2) is 29.6 Å². The van der Waals surface area contributed by atoms with Gasteiger partial charge in [0.2, 0.25) is 0 Å². The zero-order valence-corrected chi connectivity index (χ0v) is 14.7. The highest BCUT2D eigenvalue weighted by Gasteiger charge is 2.12. The molecular formula is C17H24N4OS. The number of nitrogens with zero attached hydrogens (tertiary/aromatic N) is 2. The lowest BCUT2D eigenvalue weighted by Crippen LogP contribution is -2.27. The Hall–Kier alpha value is -1.76. The quantitative estimate of drug-likeness (QED) is 0.816. The van der Waals surface area contributed by atoms with Gasteiger partial charge in [0.15, 0.2) is 0 Å². The first-order valence-electron chi connectivity index (χ1n) is 7.71. The van der Waals surface area contributed by atoms with Crippen LogP contribution in [0.2, 0.25) is 0 Å². The van der Waals surface area contributed by atoms with E-state index in [2.05, 4.69) is 48.2 Å². The molecule has 0 radical (unpaired) electrons. The van der Waals surface area contributed by atoms with Crippen LogP contribution in [0, 0.1) is 0 Å². The van der Waals surface area contributed by atoms with Crippen molar-refractivity contribution in [3.05, 3.63) is 51.5 Å². The van der Waals surface area contributed by atoms with Crippen molar-refractivity contribution in [2.75, 3.05) is 7.05 Å². The Kier molecular flexibility index (Phi) is 6.27. The van der Waals surface area contributed by atoms with Gasteiger partial charge < -0.3 is 11.1 Å². The van der Waals surface area contributed by atoms with Crippen molar-refractivity contribution in [1.82, 2.24) is 15.2 Å². The average molecular weight is 332 g/mol. The van der Waals surface area contributed by atoms with E-state index in [1.807, 2.05) is 12.1 Å². The van der Waals surface area contributed by atoms with Gasteiger partial charge in [-0.3, -0.25) is 9.69 Å². The van der Waals surface area contributed by atoms with Gasteiger partial charge in [0, 0.05) is 31.1 Å². The summed E-state index contributed by atoms with van der Waals surface area (Å²) in [5.41, 5.74) is 8.32. The minimum Gasteiger partial charge on any atom is -0.347 e. The number of hydrogen-bond donors (Lipinski definition) is 2. The molecule has 2 rings (SSSR count). The third-order valence-corrected chi connectivity index (χ3v) is 4.69. The monoisotopic (exact) mass is 332 g/mol. The molecule has 23 heavy (non-hydrogen) atoms. The van der Waals surface area contributed by atoms with E-state index in [-0.39, 0.29) is 5.91 Å². The SMILES string of the molecule is CC(C)N(C)Cc1ccccc1CNC(=O)c1csc(CN)n1. The zero-order valence-electron chi connectivity index (χ0n) is 13.9. The minimum atomic E-state index is -0.159. The lowest BCUT2D eigenvalue weighted by molar-refractivity contribution is 0.0946. The van der Waals surface area contributed by atoms with Crippen LogP contribution in [-0.2, 0) is 19.6 Å². The Morgan fingerprint density at radius 1 is 1.35 bits per heavy atom. The molecule has 2 aromatic rings. The van der Waals surface area contributed by atoms with Gasteiger partial charge in [-0.05, 0) is 32.0 Å². The highest BCUT2D eigenvalue weighted by Crippen LogP contribution is 2.13. The van der Waals surface area contributed by atoms with Crippen molar-refractivity contribution < 1.29 is 4.79 Å². The molecule has 0 atom stereocenters. The van der Waals surface area contributed by atoms with Gasteiger partial charge in [0.25, 0.3) is 5.91 Å². The summed E-state index contributed by atoms with van der Waals surface area (Å²) in [6, 6.07) is 8.66. The van der Waals surface area contributed by atoms with Crippen molar-refractivity contribution in [3.63, 3.8) is 0 Å². The Morgan fingerprint density at radius 3 is 2.65 bits per heavy atom. The molecule has 124 valence electrons. The van der Waals surface area contributed by atoms with Crippen LogP contribution in [0.5, 0.6) is 0 Å². The molecule has 0 aliphatic heterocycles. The molecule has 1 aromatic carbocycles. The molecule has 0 fully saturated rings. The van der Waals surface area contributed by atoms with E-state index in [1.54, 1.807) is 5.38 Å². The van der Waals surface area contributed by atoms with Crippen LogP contribution in [0.3, 0.4) is 0 Å². The predicted octanol–water partition coefficient (Wildman–Crippen LogP) is 2.37. The van der Waals surface area contributed by atoms with E-state index in [1.165, 1.54) is 16.9 Å².